The molecule has 0 aromatic heterocycles. The summed E-state index contributed by atoms with van der Waals surface area (Å²) in [4.78, 5) is 12.0. The molecular formula is C18H18O. The van der Waals surface area contributed by atoms with Gasteiger partial charge >= 0.3 is 0 Å². The predicted octanol–water partition coefficient (Wildman–Crippen LogP) is 3.92. The summed E-state index contributed by atoms with van der Waals surface area (Å²) in [6.45, 7) is 0. The molecule has 19 heavy (non-hydrogen) atoms. The van der Waals surface area contributed by atoms with E-state index in [9.17, 15) is 4.79 Å². The Bertz CT molecular complexity index is 571. The molecule has 1 aliphatic rings. The standard InChI is InChI=1S/C18H18O/c19-17(11-10-14-6-2-1-3-7-14)13-16-12-15-8-4-5-9-18(15)16/h1-9,16H,10-13H2. The summed E-state index contributed by atoms with van der Waals surface area (Å²) in [7, 11) is 0. The fraction of sp³-hybridized carbons (Fsp3) is 0.278. The number of hydrogen-bond donors (Lipinski definition) is 0. The molecule has 2 aromatic rings. The van der Waals surface area contributed by atoms with Gasteiger partial charge in [-0.15, -0.1) is 0 Å². The predicted molar refractivity (Wildman–Crippen MR) is 77.3 cm³/mol. The summed E-state index contributed by atoms with van der Waals surface area (Å²) in [5.41, 5.74) is 4.06. The van der Waals surface area contributed by atoms with Crippen molar-refractivity contribution in [2.24, 2.45) is 0 Å². The molecule has 96 valence electrons. The molecule has 0 spiro atoms. The topological polar surface area (TPSA) is 17.1 Å². The van der Waals surface area contributed by atoms with Crippen LogP contribution in [0.15, 0.2) is 54.6 Å². The molecule has 0 aliphatic heterocycles. The van der Waals surface area contributed by atoms with Crippen molar-refractivity contribution in [3.63, 3.8) is 0 Å². The molecule has 0 fully saturated rings. The van der Waals surface area contributed by atoms with Gasteiger partial charge in [0.2, 0.25) is 0 Å². The first-order valence-electron chi connectivity index (χ1n) is 6.96. The third-order valence-corrected chi connectivity index (χ3v) is 3.97. The van der Waals surface area contributed by atoms with E-state index in [1.807, 2.05) is 18.2 Å². The second kappa shape index (κ2) is 5.40. The summed E-state index contributed by atoms with van der Waals surface area (Å²) in [6, 6.07) is 18.7. The number of rotatable bonds is 5. The van der Waals surface area contributed by atoms with Crippen molar-refractivity contribution < 1.29 is 4.79 Å². The van der Waals surface area contributed by atoms with Gasteiger partial charge in [-0.2, -0.15) is 0 Å². The molecular weight excluding hydrogens is 232 g/mol. The Balaban J connectivity index is 1.51. The SMILES string of the molecule is O=C(CCc1ccccc1)CC1Cc2ccccc21. The van der Waals surface area contributed by atoms with E-state index in [0.29, 0.717) is 24.5 Å². The minimum absolute atomic E-state index is 0.392. The zero-order valence-corrected chi connectivity index (χ0v) is 11.0. The maximum absolute atomic E-state index is 12.0. The van der Waals surface area contributed by atoms with Crippen LogP contribution in [0, 0.1) is 0 Å². The largest absolute Gasteiger partial charge is 0.300 e. The number of hydrogen-bond acceptors (Lipinski definition) is 1. The van der Waals surface area contributed by atoms with Crippen molar-refractivity contribution in [1.29, 1.82) is 0 Å². The van der Waals surface area contributed by atoms with E-state index in [-0.39, 0.29) is 0 Å². The van der Waals surface area contributed by atoms with E-state index >= 15 is 0 Å². The molecule has 1 unspecified atom stereocenters. The van der Waals surface area contributed by atoms with Gasteiger partial charge in [-0.25, -0.2) is 0 Å². The lowest BCUT2D eigenvalue weighted by atomic mass is 9.75. The molecule has 1 atom stereocenters. The third-order valence-electron chi connectivity index (χ3n) is 3.97. The minimum atomic E-state index is 0.392. The highest BCUT2D eigenvalue weighted by Crippen LogP contribution is 2.37. The number of benzene rings is 2. The number of carbonyl (C=O) groups is 1. The van der Waals surface area contributed by atoms with E-state index < -0.39 is 0 Å². The molecule has 1 aliphatic carbocycles. The van der Waals surface area contributed by atoms with Crippen LogP contribution in [-0.2, 0) is 17.6 Å². The van der Waals surface area contributed by atoms with E-state index in [1.165, 1.54) is 16.7 Å². The molecule has 0 N–H and O–H groups in total. The van der Waals surface area contributed by atoms with Crippen molar-refractivity contribution in [2.45, 2.75) is 31.6 Å². The van der Waals surface area contributed by atoms with Gasteiger partial charge in [0.05, 0.1) is 0 Å². The molecule has 0 heterocycles. The Morgan fingerprint density at radius 3 is 2.53 bits per heavy atom. The molecule has 3 rings (SSSR count). The van der Waals surface area contributed by atoms with E-state index in [4.69, 9.17) is 0 Å². The summed E-state index contributed by atoms with van der Waals surface area (Å²) in [5.74, 6) is 0.864. The second-order valence-electron chi connectivity index (χ2n) is 5.33. The van der Waals surface area contributed by atoms with Gasteiger partial charge in [0, 0.05) is 12.8 Å². The Morgan fingerprint density at radius 1 is 1.00 bits per heavy atom. The quantitative estimate of drug-likeness (QED) is 0.786. The van der Waals surface area contributed by atoms with E-state index in [0.717, 1.165) is 12.8 Å². The van der Waals surface area contributed by atoms with Crippen LogP contribution in [0.4, 0.5) is 0 Å². The van der Waals surface area contributed by atoms with Crippen molar-refractivity contribution in [3.8, 4) is 0 Å². The summed E-state index contributed by atoms with van der Waals surface area (Å²) < 4.78 is 0. The monoisotopic (exact) mass is 250 g/mol. The van der Waals surface area contributed by atoms with Crippen LogP contribution in [0.2, 0.25) is 0 Å². The van der Waals surface area contributed by atoms with Crippen LogP contribution < -0.4 is 0 Å². The number of fused-ring (bicyclic) bond motifs is 1. The van der Waals surface area contributed by atoms with E-state index in [1.54, 1.807) is 0 Å². The maximum atomic E-state index is 12.0. The molecule has 1 heteroatoms. The highest BCUT2D eigenvalue weighted by atomic mass is 16.1. The minimum Gasteiger partial charge on any atom is -0.300 e. The smallest absolute Gasteiger partial charge is 0.133 e. The Morgan fingerprint density at radius 2 is 1.74 bits per heavy atom. The molecule has 0 bridgehead atoms. The second-order valence-corrected chi connectivity index (χ2v) is 5.33. The fourth-order valence-corrected chi connectivity index (χ4v) is 2.85. The van der Waals surface area contributed by atoms with Crippen LogP contribution in [0.25, 0.3) is 0 Å². The number of ketones is 1. The van der Waals surface area contributed by atoms with Crippen LogP contribution in [0.1, 0.15) is 35.4 Å². The molecule has 2 aromatic carbocycles. The van der Waals surface area contributed by atoms with Gasteiger partial charge in [0.1, 0.15) is 5.78 Å². The van der Waals surface area contributed by atoms with Gasteiger partial charge in [0.15, 0.2) is 0 Å². The molecule has 1 nitrogen and oxygen atoms in total. The van der Waals surface area contributed by atoms with Crippen LogP contribution in [0.3, 0.4) is 0 Å². The first-order chi connectivity index (χ1) is 9.33. The summed E-state index contributed by atoms with van der Waals surface area (Å²) in [6.07, 6.45) is 3.33. The molecule has 0 saturated heterocycles. The summed E-state index contributed by atoms with van der Waals surface area (Å²) >= 11 is 0. The zero-order valence-electron chi connectivity index (χ0n) is 11.0. The lowest BCUT2D eigenvalue weighted by molar-refractivity contribution is -0.119. The van der Waals surface area contributed by atoms with Gasteiger partial charge < -0.3 is 0 Å². The zero-order chi connectivity index (χ0) is 13.1. The average Bonchev–Trinajstić information content (AvgIpc) is 2.44. The molecule has 0 saturated carbocycles. The first-order valence-corrected chi connectivity index (χ1v) is 6.96. The van der Waals surface area contributed by atoms with Crippen molar-refractivity contribution >= 4 is 5.78 Å². The fourth-order valence-electron chi connectivity index (χ4n) is 2.85. The van der Waals surface area contributed by atoms with Gasteiger partial charge in [-0.1, -0.05) is 54.6 Å². The third kappa shape index (κ3) is 2.76. The van der Waals surface area contributed by atoms with Crippen molar-refractivity contribution in [3.05, 3.63) is 71.3 Å². The lowest BCUT2D eigenvalue weighted by Crippen LogP contribution is -2.20. The van der Waals surface area contributed by atoms with Crippen molar-refractivity contribution in [1.82, 2.24) is 0 Å². The molecule has 0 amide bonds. The molecule has 0 radical (unpaired) electrons. The lowest BCUT2D eigenvalue weighted by Gasteiger charge is -2.29. The number of carbonyl (C=O) groups excluding carboxylic acids is 1. The Labute approximate surface area is 114 Å². The highest BCUT2D eigenvalue weighted by Gasteiger charge is 2.26. The van der Waals surface area contributed by atoms with Crippen molar-refractivity contribution in [2.75, 3.05) is 0 Å². The number of Topliss-reactive ketones (excluding diaryl/α,β-unsaturated/α-hetero) is 1. The van der Waals surface area contributed by atoms with Crippen LogP contribution in [0.5, 0.6) is 0 Å². The average molecular weight is 250 g/mol. The highest BCUT2D eigenvalue weighted by molar-refractivity contribution is 5.80. The Kier molecular flexibility index (Phi) is 3.45. The Hall–Kier alpha value is -1.89. The van der Waals surface area contributed by atoms with E-state index in [2.05, 4.69) is 36.4 Å². The van der Waals surface area contributed by atoms with Gasteiger partial charge in [-0.05, 0) is 35.4 Å². The van der Waals surface area contributed by atoms with Gasteiger partial charge in [-0.3, -0.25) is 4.79 Å². The maximum Gasteiger partial charge on any atom is 0.133 e. The first kappa shape index (κ1) is 12.2. The van der Waals surface area contributed by atoms with Gasteiger partial charge in [0.25, 0.3) is 0 Å². The number of aryl methyl sites for hydroxylation is 1. The summed E-state index contributed by atoms with van der Waals surface area (Å²) in [5, 5.41) is 0. The van der Waals surface area contributed by atoms with Crippen LogP contribution in [-0.4, -0.2) is 5.78 Å². The normalized spacial score (nSPS) is 16.5. The van der Waals surface area contributed by atoms with Crippen LogP contribution >= 0.6 is 0 Å².